The smallest absolute Gasteiger partial charge is 0.272 e. The highest BCUT2D eigenvalue weighted by Crippen LogP contribution is 2.35. The lowest BCUT2D eigenvalue weighted by Crippen LogP contribution is -2.43. The number of para-hydroxylation sites is 1. The number of likely N-dealkylation sites (tertiary alicyclic amines) is 1. The number of anilines is 1. The zero-order chi connectivity index (χ0) is 18.9. The second-order valence-electron chi connectivity index (χ2n) is 7.45. The van der Waals surface area contributed by atoms with E-state index in [4.69, 9.17) is 4.74 Å². The molecule has 6 heteroatoms. The molecule has 0 N–H and O–H groups in total. The van der Waals surface area contributed by atoms with Crippen molar-refractivity contribution < 1.29 is 14.3 Å². The van der Waals surface area contributed by atoms with E-state index in [9.17, 15) is 9.59 Å². The third-order valence-corrected chi connectivity index (χ3v) is 5.33. The van der Waals surface area contributed by atoms with E-state index in [0.29, 0.717) is 31.9 Å². The summed E-state index contributed by atoms with van der Waals surface area (Å²) in [6.45, 7) is 4.20. The van der Waals surface area contributed by atoms with Crippen LogP contribution < -0.4 is 4.90 Å². The van der Waals surface area contributed by atoms with Gasteiger partial charge in [-0.1, -0.05) is 24.3 Å². The zero-order valence-electron chi connectivity index (χ0n) is 15.4. The maximum absolute atomic E-state index is 12.9. The molecule has 2 saturated heterocycles. The first-order valence-electron chi connectivity index (χ1n) is 9.22. The lowest BCUT2D eigenvalue weighted by molar-refractivity contribution is -0.122. The Morgan fingerprint density at radius 1 is 1.11 bits per heavy atom. The summed E-state index contributed by atoms with van der Waals surface area (Å²) in [4.78, 5) is 33.4. The molecule has 2 aliphatic rings. The summed E-state index contributed by atoms with van der Waals surface area (Å²) in [5, 5.41) is 0. The van der Waals surface area contributed by atoms with E-state index in [0.717, 1.165) is 17.8 Å². The van der Waals surface area contributed by atoms with Crippen LogP contribution in [0.3, 0.4) is 0 Å². The summed E-state index contributed by atoms with van der Waals surface area (Å²) in [5.41, 5.74) is 1.92. The van der Waals surface area contributed by atoms with Crippen molar-refractivity contribution in [2.75, 3.05) is 37.7 Å². The van der Waals surface area contributed by atoms with Crippen LogP contribution in [-0.4, -0.2) is 54.5 Å². The van der Waals surface area contributed by atoms with Crippen molar-refractivity contribution in [3.8, 4) is 0 Å². The molecule has 1 aromatic carbocycles. The van der Waals surface area contributed by atoms with Gasteiger partial charge < -0.3 is 14.5 Å². The molecule has 2 aliphatic heterocycles. The number of aryl methyl sites for hydroxylation is 1. The lowest BCUT2D eigenvalue weighted by Gasteiger charge is -2.31. The van der Waals surface area contributed by atoms with E-state index >= 15 is 0 Å². The van der Waals surface area contributed by atoms with Gasteiger partial charge in [0.25, 0.3) is 11.8 Å². The third-order valence-electron chi connectivity index (χ3n) is 5.33. The molecule has 2 aromatic rings. The third kappa shape index (κ3) is 3.57. The number of pyridine rings is 1. The van der Waals surface area contributed by atoms with Crippen molar-refractivity contribution in [1.29, 1.82) is 0 Å². The van der Waals surface area contributed by atoms with E-state index in [1.165, 1.54) is 0 Å². The van der Waals surface area contributed by atoms with Gasteiger partial charge in [0.1, 0.15) is 12.3 Å². The summed E-state index contributed by atoms with van der Waals surface area (Å²) in [5.74, 6) is -0.0967. The number of amides is 2. The molecule has 3 heterocycles. The van der Waals surface area contributed by atoms with Crippen LogP contribution >= 0.6 is 0 Å². The largest absolute Gasteiger partial charge is 0.371 e. The topological polar surface area (TPSA) is 62.7 Å². The molecule has 0 radical (unpaired) electrons. The molecule has 0 aliphatic carbocycles. The van der Waals surface area contributed by atoms with Gasteiger partial charge in [0.2, 0.25) is 0 Å². The highest BCUT2D eigenvalue weighted by molar-refractivity contribution is 5.95. The Hall–Kier alpha value is -2.73. The Balaban J connectivity index is 1.55. The molecule has 4 rings (SSSR count). The Morgan fingerprint density at radius 2 is 1.93 bits per heavy atom. The van der Waals surface area contributed by atoms with Crippen LogP contribution in [0.4, 0.5) is 5.69 Å². The quantitative estimate of drug-likeness (QED) is 0.819. The van der Waals surface area contributed by atoms with Gasteiger partial charge in [0.15, 0.2) is 0 Å². The number of carbonyl (C=O) groups is 2. The number of ether oxygens (including phenoxy) is 1. The highest BCUT2D eigenvalue weighted by atomic mass is 16.5. The monoisotopic (exact) mass is 365 g/mol. The summed E-state index contributed by atoms with van der Waals surface area (Å²) < 4.78 is 5.70. The molecule has 1 aromatic heterocycles. The summed E-state index contributed by atoms with van der Waals surface area (Å²) in [6.07, 6.45) is 0.807. The van der Waals surface area contributed by atoms with Gasteiger partial charge in [0.05, 0.1) is 6.61 Å². The number of benzene rings is 1. The van der Waals surface area contributed by atoms with Crippen LogP contribution in [0.2, 0.25) is 0 Å². The fourth-order valence-electron chi connectivity index (χ4n) is 3.92. The lowest BCUT2D eigenvalue weighted by atomic mass is 9.87. The van der Waals surface area contributed by atoms with E-state index in [-0.39, 0.29) is 23.8 Å². The minimum Gasteiger partial charge on any atom is -0.371 e. The number of carbonyl (C=O) groups excluding carboxylic acids is 2. The Morgan fingerprint density at radius 3 is 2.70 bits per heavy atom. The molecule has 1 unspecified atom stereocenters. The van der Waals surface area contributed by atoms with Gasteiger partial charge in [0, 0.05) is 36.4 Å². The van der Waals surface area contributed by atoms with Gasteiger partial charge in [-0.15, -0.1) is 0 Å². The molecule has 1 spiro atoms. The zero-order valence-corrected chi connectivity index (χ0v) is 15.4. The summed E-state index contributed by atoms with van der Waals surface area (Å²) >= 11 is 0. The Labute approximate surface area is 158 Å². The molecule has 2 amide bonds. The average Bonchev–Trinajstić information content (AvgIpc) is 3.02. The van der Waals surface area contributed by atoms with Crippen LogP contribution in [0.15, 0.2) is 48.5 Å². The van der Waals surface area contributed by atoms with Crippen LogP contribution in [0.5, 0.6) is 0 Å². The average molecular weight is 365 g/mol. The van der Waals surface area contributed by atoms with Gasteiger partial charge in [-0.2, -0.15) is 0 Å². The van der Waals surface area contributed by atoms with E-state index in [1.807, 2.05) is 54.3 Å². The van der Waals surface area contributed by atoms with Crippen LogP contribution in [-0.2, 0) is 9.53 Å². The number of rotatable bonds is 2. The van der Waals surface area contributed by atoms with Crippen molar-refractivity contribution in [2.24, 2.45) is 5.41 Å². The number of hydrogen-bond acceptors (Lipinski definition) is 4. The molecule has 140 valence electrons. The van der Waals surface area contributed by atoms with E-state index in [2.05, 4.69) is 4.98 Å². The molecule has 2 fully saturated rings. The van der Waals surface area contributed by atoms with Crippen molar-refractivity contribution >= 4 is 17.5 Å². The summed E-state index contributed by atoms with van der Waals surface area (Å²) in [7, 11) is 0. The fraction of sp³-hybridized carbons (Fsp3) is 0.381. The number of aromatic nitrogens is 1. The standard InChI is InChI=1S/C21H23N3O3/c1-16-6-5-9-18(22-16)20(26)23-11-10-21(13-23)14-24(19(25)12-27-15-21)17-7-3-2-4-8-17/h2-9H,10-15H2,1H3. The van der Waals surface area contributed by atoms with E-state index < -0.39 is 0 Å². The second kappa shape index (κ2) is 7.12. The maximum Gasteiger partial charge on any atom is 0.272 e. The van der Waals surface area contributed by atoms with Gasteiger partial charge in [-0.05, 0) is 37.6 Å². The minimum absolute atomic E-state index is 0.0387. The predicted octanol–water partition coefficient (Wildman–Crippen LogP) is 2.29. The number of nitrogens with zero attached hydrogens (tertiary/aromatic N) is 3. The first-order valence-corrected chi connectivity index (χ1v) is 9.22. The first kappa shape index (κ1) is 17.7. The Bertz CT molecular complexity index is 855. The van der Waals surface area contributed by atoms with Gasteiger partial charge in [-0.25, -0.2) is 4.98 Å². The molecular weight excluding hydrogens is 342 g/mol. The highest BCUT2D eigenvalue weighted by Gasteiger charge is 2.44. The normalized spacial score (nSPS) is 22.9. The van der Waals surface area contributed by atoms with Gasteiger partial charge in [-0.3, -0.25) is 9.59 Å². The second-order valence-corrected chi connectivity index (χ2v) is 7.45. The SMILES string of the molecule is Cc1cccc(C(=O)N2CCC3(COCC(=O)N(c4ccccc4)C3)C2)n1. The van der Waals surface area contributed by atoms with Crippen LogP contribution in [0.25, 0.3) is 0 Å². The summed E-state index contributed by atoms with van der Waals surface area (Å²) in [6, 6.07) is 15.1. The van der Waals surface area contributed by atoms with Crippen LogP contribution in [0.1, 0.15) is 22.6 Å². The van der Waals surface area contributed by atoms with Crippen molar-refractivity contribution in [2.45, 2.75) is 13.3 Å². The fourth-order valence-corrected chi connectivity index (χ4v) is 3.92. The Kier molecular flexibility index (Phi) is 4.66. The predicted molar refractivity (Wildman–Crippen MR) is 102 cm³/mol. The van der Waals surface area contributed by atoms with Crippen molar-refractivity contribution in [3.63, 3.8) is 0 Å². The minimum atomic E-state index is -0.249. The molecule has 1 atom stereocenters. The molecule has 0 bridgehead atoms. The van der Waals surface area contributed by atoms with Crippen molar-refractivity contribution in [3.05, 3.63) is 59.9 Å². The first-order chi connectivity index (χ1) is 13.1. The molecule has 27 heavy (non-hydrogen) atoms. The molecule has 6 nitrogen and oxygen atoms in total. The van der Waals surface area contributed by atoms with Gasteiger partial charge >= 0.3 is 0 Å². The van der Waals surface area contributed by atoms with Crippen molar-refractivity contribution in [1.82, 2.24) is 9.88 Å². The molecular formula is C21H23N3O3. The number of hydrogen-bond donors (Lipinski definition) is 0. The maximum atomic E-state index is 12.9. The van der Waals surface area contributed by atoms with E-state index in [1.54, 1.807) is 11.0 Å². The van der Waals surface area contributed by atoms with Crippen LogP contribution in [0, 0.1) is 12.3 Å². The molecule has 0 saturated carbocycles.